The Morgan fingerprint density at radius 2 is 2.14 bits per heavy atom. The molecular weight excluding hydrogens is 300 g/mol. The minimum absolute atomic E-state index is 0.116. The minimum Gasteiger partial charge on any atom is -0.399 e. The summed E-state index contributed by atoms with van der Waals surface area (Å²) in [5.74, 6) is 0.760. The van der Waals surface area contributed by atoms with Crippen LogP contribution in [0.2, 0.25) is 5.02 Å². The Labute approximate surface area is 134 Å². The molecule has 0 saturated heterocycles. The molecule has 22 heavy (non-hydrogen) atoms. The summed E-state index contributed by atoms with van der Waals surface area (Å²) in [4.78, 5) is 13.3. The molecule has 0 radical (unpaired) electrons. The fraction of sp³-hybridized carbons (Fsp3) is 0.312. The number of anilines is 1. The van der Waals surface area contributed by atoms with Gasteiger partial charge in [-0.15, -0.1) is 0 Å². The van der Waals surface area contributed by atoms with Gasteiger partial charge in [0.05, 0.1) is 11.9 Å². The maximum atomic E-state index is 5.97. The van der Waals surface area contributed by atoms with Crippen LogP contribution in [-0.4, -0.2) is 23.3 Å². The molecule has 2 unspecified atom stereocenters. The van der Waals surface area contributed by atoms with Crippen LogP contribution in [0.4, 0.5) is 5.95 Å². The molecule has 2 N–H and O–H groups in total. The Morgan fingerprint density at radius 1 is 1.36 bits per heavy atom. The minimum atomic E-state index is 0.116. The first kappa shape index (κ1) is 14.8. The van der Waals surface area contributed by atoms with Gasteiger partial charge >= 0.3 is 0 Å². The average Bonchev–Trinajstić information content (AvgIpc) is 2.52. The first-order valence-electron chi connectivity index (χ1n) is 7.10. The average molecular weight is 317 g/mol. The normalized spacial score (nSPS) is 20.8. The van der Waals surface area contributed by atoms with E-state index in [9.17, 15) is 0 Å². The molecule has 2 atom stereocenters. The maximum Gasteiger partial charge on any atom is 0.220 e. The van der Waals surface area contributed by atoms with Crippen molar-refractivity contribution in [3.63, 3.8) is 0 Å². The molecule has 1 aromatic heterocycles. The van der Waals surface area contributed by atoms with Crippen molar-refractivity contribution in [1.29, 1.82) is 0 Å². The summed E-state index contributed by atoms with van der Waals surface area (Å²) in [6.45, 7) is 0. The Kier molecular flexibility index (Phi) is 4.24. The van der Waals surface area contributed by atoms with Crippen molar-refractivity contribution in [2.75, 3.05) is 12.8 Å². The zero-order chi connectivity index (χ0) is 15.5. The SMILES string of the molecule is CON=CC1CC(c2ccc(Cl)cc2)Cc2nc(N)ncc21. The van der Waals surface area contributed by atoms with E-state index in [2.05, 4.69) is 27.3 Å². The van der Waals surface area contributed by atoms with Crippen LogP contribution < -0.4 is 5.73 Å². The summed E-state index contributed by atoms with van der Waals surface area (Å²) in [6.07, 6.45) is 5.36. The lowest BCUT2D eigenvalue weighted by atomic mass is 9.77. The second-order valence-corrected chi connectivity index (χ2v) is 5.80. The van der Waals surface area contributed by atoms with E-state index in [0.717, 1.165) is 29.1 Å². The van der Waals surface area contributed by atoms with E-state index in [4.69, 9.17) is 22.2 Å². The fourth-order valence-corrected chi connectivity index (χ4v) is 3.06. The smallest absolute Gasteiger partial charge is 0.220 e. The highest BCUT2D eigenvalue weighted by molar-refractivity contribution is 6.30. The Hall–Kier alpha value is -2.14. The highest BCUT2D eigenvalue weighted by atomic mass is 35.5. The van der Waals surface area contributed by atoms with E-state index in [1.54, 1.807) is 12.4 Å². The molecule has 0 fully saturated rings. The number of aromatic nitrogens is 2. The number of nitrogen functional groups attached to an aromatic ring is 1. The van der Waals surface area contributed by atoms with Gasteiger partial charge in [0.25, 0.3) is 0 Å². The van der Waals surface area contributed by atoms with Gasteiger partial charge in [0, 0.05) is 22.7 Å². The Morgan fingerprint density at radius 3 is 2.86 bits per heavy atom. The van der Waals surface area contributed by atoms with Gasteiger partial charge < -0.3 is 10.6 Å². The lowest BCUT2D eigenvalue weighted by Crippen LogP contribution is -2.21. The molecular formula is C16H17ClN4O. The van der Waals surface area contributed by atoms with Crippen molar-refractivity contribution < 1.29 is 4.84 Å². The van der Waals surface area contributed by atoms with E-state index in [0.29, 0.717) is 11.9 Å². The second-order valence-electron chi connectivity index (χ2n) is 5.36. The Balaban J connectivity index is 1.96. The molecule has 114 valence electrons. The topological polar surface area (TPSA) is 73.4 Å². The lowest BCUT2D eigenvalue weighted by Gasteiger charge is -2.28. The third-order valence-electron chi connectivity index (χ3n) is 3.98. The number of hydrogen-bond acceptors (Lipinski definition) is 5. The van der Waals surface area contributed by atoms with E-state index >= 15 is 0 Å². The van der Waals surface area contributed by atoms with Gasteiger partial charge in [-0.3, -0.25) is 0 Å². The number of oxime groups is 1. The van der Waals surface area contributed by atoms with E-state index in [-0.39, 0.29) is 5.92 Å². The number of nitrogens with zero attached hydrogens (tertiary/aromatic N) is 3. The van der Waals surface area contributed by atoms with Gasteiger partial charge in [-0.25, -0.2) is 9.97 Å². The molecule has 0 amide bonds. The molecule has 6 heteroatoms. The number of hydrogen-bond donors (Lipinski definition) is 1. The van der Waals surface area contributed by atoms with Crippen LogP contribution in [0.3, 0.4) is 0 Å². The molecule has 1 heterocycles. The maximum absolute atomic E-state index is 5.97. The molecule has 2 aromatic rings. The summed E-state index contributed by atoms with van der Waals surface area (Å²) in [5, 5.41) is 4.67. The molecule has 1 aromatic carbocycles. The van der Waals surface area contributed by atoms with Crippen LogP contribution >= 0.6 is 11.6 Å². The first-order chi connectivity index (χ1) is 10.7. The summed E-state index contributed by atoms with van der Waals surface area (Å²) in [6, 6.07) is 7.96. The number of nitrogens with two attached hydrogens (primary N) is 1. The Bertz CT molecular complexity index is 687. The van der Waals surface area contributed by atoms with Crippen molar-refractivity contribution in [2.45, 2.75) is 24.7 Å². The van der Waals surface area contributed by atoms with Gasteiger partial charge in [0.2, 0.25) is 5.95 Å². The molecule has 0 spiro atoms. The van der Waals surface area contributed by atoms with Crippen LogP contribution in [0.5, 0.6) is 0 Å². The van der Waals surface area contributed by atoms with Crippen molar-refractivity contribution in [3.05, 3.63) is 52.3 Å². The van der Waals surface area contributed by atoms with Gasteiger partial charge in [-0.1, -0.05) is 28.9 Å². The second kappa shape index (κ2) is 6.32. The van der Waals surface area contributed by atoms with E-state index in [1.807, 2.05) is 12.1 Å². The molecule has 5 nitrogen and oxygen atoms in total. The number of halogens is 1. The van der Waals surface area contributed by atoms with E-state index in [1.165, 1.54) is 12.7 Å². The van der Waals surface area contributed by atoms with Crippen molar-refractivity contribution >= 4 is 23.8 Å². The molecule has 3 rings (SSSR count). The highest BCUT2D eigenvalue weighted by Gasteiger charge is 2.28. The van der Waals surface area contributed by atoms with Crippen LogP contribution in [-0.2, 0) is 11.3 Å². The predicted molar refractivity (Wildman–Crippen MR) is 87.2 cm³/mol. The van der Waals surface area contributed by atoms with Crippen molar-refractivity contribution in [1.82, 2.24) is 9.97 Å². The standard InChI is InChI=1S/C16H17ClN4O/c1-22-20-8-12-6-11(10-2-4-13(17)5-3-10)7-15-14(12)9-19-16(18)21-15/h2-5,8-9,11-12H,6-7H2,1H3,(H2,18,19,21). The zero-order valence-electron chi connectivity index (χ0n) is 12.2. The summed E-state index contributed by atoms with van der Waals surface area (Å²) < 4.78 is 0. The summed E-state index contributed by atoms with van der Waals surface area (Å²) in [7, 11) is 1.54. The third-order valence-corrected chi connectivity index (χ3v) is 4.24. The van der Waals surface area contributed by atoms with Gasteiger partial charge in [0.15, 0.2) is 0 Å². The quantitative estimate of drug-likeness (QED) is 0.697. The number of rotatable bonds is 3. The van der Waals surface area contributed by atoms with Gasteiger partial charge in [-0.2, -0.15) is 0 Å². The number of fused-ring (bicyclic) bond motifs is 1. The largest absolute Gasteiger partial charge is 0.399 e. The highest BCUT2D eigenvalue weighted by Crippen LogP contribution is 2.38. The lowest BCUT2D eigenvalue weighted by molar-refractivity contribution is 0.213. The fourth-order valence-electron chi connectivity index (χ4n) is 2.93. The van der Waals surface area contributed by atoms with Crippen LogP contribution in [0.25, 0.3) is 0 Å². The molecule has 1 aliphatic carbocycles. The van der Waals surface area contributed by atoms with Crippen LogP contribution in [0, 0.1) is 0 Å². The summed E-state index contributed by atoms with van der Waals surface area (Å²) in [5.41, 5.74) is 9.02. The first-order valence-corrected chi connectivity index (χ1v) is 7.48. The van der Waals surface area contributed by atoms with E-state index < -0.39 is 0 Å². The van der Waals surface area contributed by atoms with Crippen LogP contribution in [0.1, 0.15) is 35.1 Å². The van der Waals surface area contributed by atoms with Gasteiger partial charge in [-0.05, 0) is 36.5 Å². The molecule has 1 aliphatic rings. The monoisotopic (exact) mass is 316 g/mol. The van der Waals surface area contributed by atoms with Crippen molar-refractivity contribution in [3.8, 4) is 0 Å². The number of benzene rings is 1. The van der Waals surface area contributed by atoms with Gasteiger partial charge in [0.1, 0.15) is 7.11 Å². The van der Waals surface area contributed by atoms with Crippen molar-refractivity contribution in [2.24, 2.45) is 5.16 Å². The molecule has 0 saturated carbocycles. The summed E-state index contributed by atoms with van der Waals surface area (Å²) >= 11 is 5.97. The molecule has 0 bridgehead atoms. The van der Waals surface area contributed by atoms with Crippen LogP contribution in [0.15, 0.2) is 35.6 Å². The molecule has 0 aliphatic heterocycles. The third kappa shape index (κ3) is 3.04. The zero-order valence-corrected chi connectivity index (χ0v) is 13.0. The predicted octanol–water partition coefficient (Wildman–Crippen LogP) is 3.16.